The van der Waals surface area contributed by atoms with Crippen LogP contribution in [0.4, 0.5) is 0 Å². The minimum Gasteiger partial charge on any atom is -0.455 e. The lowest BCUT2D eigenvalue weighted by atomic mass is 10.1. The van der Waals surface area contributed by atoms with Gasteiger partial charge in [-0.1, -0.05) is 19.0 Å². The molecule has 1 saturated heterocycles. The number of nitrogens with one attached hydrogen (secondary N) is 1. The van der Waals surface area contributed by atoms with Crippen molar-refractivity contribution < 1.29 is 13.7 Å². The van der Waals surface area contributed by atoms with Crippen molar-refractivity contribution in [3.8, 4) is 0 Å². The summed E-state index contributed by atoms with van der Waals surface area (Å²) in [5.74, 6) is 2.12. The van der Waals surface area contributed by atoms with Crippen LogP contribution in [-0.4, -0.2) is 29.1 Å². The van der Waals surface area contributed by atoms with Crippen molar-refractivity contribution in [1.29, 1.82) is 0 Å². The van der Waals surface area contributed by atoms with Crippen molar-refractivity contribution in [2.24, 2.45) is 5.92 Å². The van der Waals surface area contributed by atoms with Crippen molar-refractivity contribution in [2.75, 3.05) is 13.1 Å². The third kappa shape index (κ3) is 4.47. The van der Waals surface area contributed by atoms with Gasteiger partial charge >= 0.3 is 0 Å². The Hall–Kier alpha value is -2.08. The molecule has 1 amide bonds. The first-order valence-corrected chi connectivity index (χ1v) is 8.64. The monoisotopic (exact) mass is 331 g/mol. The lowest BCUT2D eigenvalue weighted by Crippen LogP contribution is -2.22. The van der Waals surface area contributed by atoms with E-state index in [1.807, 2.05) is 12.1 Å². The summed E-state index contributed by atoms with van der Waals surface area (Å²) in [5.41, 5.74) is 0.917. The van der Waals surface area contributed by atoms with Crippen LogP contribution in [-0.2, 0) is 19.5 Å². The molecule has 2 aromatic heterocycles. The predicted molar refractivity (Wildman–Crippen MR) is 89.4 cm³/mol. The van der Waals surface area contributed by atoms with Crippen LogP contribution >= 0.6 is 0 Å². The van der Waals surface area contributed by atoms with E-state index in [9.17, 15) is 4.79 Å². The normalized spacial score (nSPS) is 15.3. The van der Waals surface area contributed by atoms with Gasteiger partial charge in [0.1, 0.15) is 5.76 Å². The van der Waals surface area contributed by atoms with Gasteiger partial charge in [-0.3, -0.25) is 9.69 Å². The third-order valence-corrected chi connectivity index (χ3v) is 4.11. The molecule has 1 fully saturated rings. The van der Waals surface area contributed by atoms with Gasteiger partial charge < -0.3 is 14.3 Å². The average Bonchev–Trinajstić information content (AvgIpc) is 3.27. The summed E-state index contributed by atoms with van der Waals surface area (Å²) in [6, 6.07) is 5.49. The summed E-state index contributed by atoms with van der Waals surface area (Å²) in [5, 5.41) is 6.82. The van der Waals surface area contributed by atoms with Gasteiger partial charge in [0.15, 0.2) is 11.5 Å². The summed E-state index contributed by atoms with van der Waals surface area (Å²) >= 11 is 0. The molecular weight excluding hydrogens is 306 g/mol. The lowest BCUT2D eigenvalue weighted by molar-refractivity contribution is 0.0916. The van der Waals surface area contributed by atoms with Gasteiger partial charge in [0.25, 0.3) is 5.91 Å². The zero-order valence-corrected chi connectivity index (χ0v) is 14.4. The largest absolute Gasteiger partial charge is 0.455 e. The first kappa shape index (κ1) is 16.8. The Morgan fingerprint density at radius 1 is 1.29 bits per heavy atom. The number of carbonyl (C=O) groups excluding carboxylic acids is 1. The number of carbonyl (C=O) groups is 1. The van der Waals surface area contributed by atoms with E-state index < -0.39 is 0 Å². The smallest absolute Gasteiger partial charge is 0.287 e. The molecule has 0 saturated carbocycles. The van der Waals surface area contributed by atoms with Crippen LogP contribution in [0.2, 0.25) is 0 Å². The Kier molecular flexibility index (Phi) is 5.35. The van der Waals surface area contributed by atoms with Gasteiger partial charge in [-0.05, 0) is 50.4 Å². The highest BCUT2D eigenvalue weighted by Crippen LogP contribution is 2.15. The molecule has 2 aromatic rings. The Balaban J connectivity index is 1.49. The second kappa shape index (κ2) is 7.66. The van der Waals surface area contributed by atoms with Crippen LogP contribution in [0.3, 0.4) is 0 Å². The Bertz CT molecular complexity index is 669. The van der Waals surface area contributed by atoms with E-state index >= 15 is 0 Å². The summed E-state index contributed by atoms with van der Waals surface area (Å²) in [6.07, 6.45) is 3.35. The molecule has 1 N–H and O–H groups in total. The topological polar surface area (TPSA) is 71.5 Å². The van der Waals surface area contributed by atoms with Crippen molar-refractivity contribution in [1.82, 2.24) is 15.4 Å². The van der Waals surface area contributed by atoms with E-state index in [1.54, 1.807) is 6.07 Å². The SMILES string of the molecule is CC(C)Cc1cc(CNC(=O)c2ccc(CN3CCCC3)o2)on1. The fraction of sp³-hybridized carbons (Fsp3) is 0.556. The molecule has 3 rings (SSSR count). The Labute approximate surface area is 142 Å². The maximum Gasteiger partial charge on any atom is 0.287 e. The van der Waals surface area contributed by atoms with E-state index in [1.165, 1.54) is 12.8 Å². The van der Waals surface area contributed by atoms with Gasteiger partial charge in [0.05, 0.1) is 18.8 Å². The molecular formula is C18H25N3O3. The van der Waals surface area contributed by atoms with Gasteiger partial charge in [0, 0.05) is 6.07 Å². The molecule has 0 radical (unpaired) electrons. The molecule has 24 heavy (non-hydrogen) atoms. The molecule has 0 atom stereocenters. The minimum atomic E-state index is -0.232. The van der Waals surface area contributed by atoms with Crippen molar-refractivity contribution in [3.05, 3.63) is 41.2 Å². The number of likely N-dealkylation sites (tertiary alicyclic amines) is 1. The Morgan fingerprint density at radius 3 is 2.83 bits per heavy atom. The number of furan rings is 1. The van der Waals surface area contributed by atoms with Crippen LogP contribution in [0.1, 0.15) is 54.5 Å². The van der Waals surface area contributed by atoms with Gasteiger partial charge in [-0.15, -0.1) is 0 Å². The number of amides is 1. The maximum absolute atomic E-state index is 12.2. The molecule has 0 bridgehead atoms. The number of rotatable bonds is 7. The quantitative estimate of drug-likeness (QED) is 0.844. The summed E-state index contributed by atoms with van der Waals surface area (Å²) in [4.78, 5) is 14.5. The number of nitrogens with zero attached hydrogens (tertiary/aromatic N) is 2. The minimum absolute atomic E-state index is 0.232. The van der Waals surface area contributed by atoms with Gasteiger partial charge in [-0.25, -0.2) is 0 Å². The highest BCUT2D eigenvalue weighted by molar-refractivity contribution is 5.91. The average molecular weight is 331 g/mol. The summed E-state index contributed by atoms with van der Waals surface area (Å²) in [7, 11) is 0. The van der Waals surface area contributed by atoms with Crippen LogP contribution in [0, 0.1) is 5.92 Å². The third-order valence-electron chi connectivity index (χ3n) is 4.11. The zero-order valence-electron chi connectivity index (χ0n) is 14.4. The van der Waals surface area contributed by atoms with E-state index in [4.69, 9.17) is 8.94 Å². The molecule has 0 spiro atoms. The maximum atomic E-state index is 12.2. The van der Waals surface area contributed by atoms with Crippen LogP contribution in [0.5, 0.6) is 0 Å². The Morgan fingerprint density at radius 2 is 2.08 bits per heavy atom. The summed E-state index contributed by atoms with van der Waals surface area (Å²) in [6.45, 7) is 7.55. The van der Waals surface area contributed by atoms with Gasteiger partial charge in [0.2, 0.25) is 0 Å². The van der Waals surface area contributed by atoms with E-state index in [-0.39, 0.29) is 5.91 Å². The number of hydrogen-bond acceptors (Lipinski definition) is 5. The fourth-order valence-electron chi connectivity index (χ4n) is 2.95. The van der Waals surface area contributed by atoms with Crippen molar-refractivity contribution >= 4 is 5.91 Å². The van der Waals surface area contributed by atoms with E-state index in [0.29, 0.717) is 24.0 Å². The molecule has 6 nitrogen and oxygen atoms in total. The second-order valence-electron chi connectivity index (χ2n) is 6.81. The molecule has 6 heteroatoms. The molecule has 0 unspecified atom stereocenters. The standard InChI is InChI=1S/C18H25N3O3/c1-13(2)9-14-10-16(24-20-14)11-19-18(22)17-6-5-15(23-17)12-21-7-3-4-8-21/h5-6,10,13H,3-4,7-9,11-12H2,1-2H3,(H,19,22). The highest BCUT2D eigenvalue weighted by Gasteiger charge is 2.16. The first-order valence-electron chi connectivity index (χ1n) is 8.64. The molecule has 1 aliphatic heterocycles. The molecule has 0 aliphatic carbocycles. The van der Waals surface area contributed by atoms with E-state index in [0.717, 1.165) is 37.5 Å². The summed E-state index contributed by atoms with van der Waals surface area (Å²) < 4.78 is 10.9. The molecule has 3 heterocycles. The number of aromatic nitrogens is 1. The second-order valence-corrected chi connectivity index (χ2v) is 6.81. The lowest BCUT2D eigenvalue weighted by Gasteiger charge is -2.11. The predicted octanol–water partition coefficient (Wildman–Crippen LogP) is 2.99. The molecule has 1 aliphatic rings. The van der Waals surface area contributed by atoms with Crippen molar-refractivity contribution in [2.45, 2.75) is 46.2 Å². The van der Waals surface area contributed by atoms with Gasteiger partial charge in [-0.2, -0.15) is 0 Å². The zero-order chi connectivity index (χ0) is 16.9. The van der Waals surface area contributed by atoms with Crippen LogP contribution in [0.25, 0.3) is 0 Å². The van der Waals surface area contributed by atoms with Crippen LogP contribution in [0.15, 0.2) is 27.1 Å². The van der Waals surface area contributed by atoms with Crippen molar-refractivity contribution in [3.63, 3.8) is 0 Å². The molecule has 0 aromatic carbocycles. The molecule has 130 valence electrons. The fourth-order valence-corrected chi connectivity index (χ4v) is 2.95. The number of hydrogen-bond donors (Lipinski definition) is 1. The van der Waals surface area contributed by atoms with E-state index in [2.05, 4.69) is 29.2 Å². The first-order chi connectivity index (χ1) is 11.6. The highest BCUT2D eigenvalue weighted by atomic mass is 16.5. The van der Waals surface area contributed by atoms with Crippen LogP contribution < -0.4 is 5.32 Å².